The van der Waals surface area contributed by atoms with Gasteiger partial charge in [0.1, 0.15) is 5.01 Å². The average Bonchev–Trinajstić information content (AvgIpc) is 2.70. The molecule has 0 saturated carbocycles. The highest BCUT2D eigenvalue weighted by Crippen LogP contribution is 2.17. The van der Waals surface area contributed by atoms with Gasteiger partial charge in [0.05, 0.1) is 5.75 Å². The lowest BCUT2D eigenvalue weighted by Crippen LogP contribution is -2.16. The molecule has 0 fully saturated rings. The Morgan fingerprint density at radius 3 is 2.76 bits per heavy atom. The first-order valence-electron chi connectivity index (χ1n) is 5.60. The van der Waals surface area contributed by atoms with Crippen LogP contribution in [0.25, 0.3) is 0 Å². The highest BCUT2D eigenvalue weighted by molar-refractivity contribution is 7.92. The molecule has 1 aromatic heterocycles. The number of anilines is 1. The molecule has 1 rings (SSSR count). The van der Waals surface area contributed by atoms with E-state index in [0.717, 1.165) is 24.3 Å². The maximum absolute atomic E-state index is 11.6. The molecule has 8 heteroatoms. The summed E-state index contributed by atoms with van der Waals surface area (Å²) in [5.41, 5.74) is 5.38. The van der Waals surface area contributed by atoms with Gasteiger partial charge in [0.25, 0.3) is 0 Å². The number of hydrogen-bond acceptors (Lipinski definition) is 6. The monoisotopic (exact) mass is 278 g/mol. The molecule has 1 aromatic rings. The maximum atomic E-state index is 11.6. The van der Waals surface area contributed by atoms with Gasteiger partial charge in [0, 0.05) is 6.42 Å². The summed E-state index contributed by atoms with van der Waals surface area (Å²) in [5.74, 6) is 0.126. The lowest BCUT2D eigenvalue weighted by molar-refractivity contribution is 0.597. The van der Waals surface area contributed by atoms with E-state index in [9.17, 15) is 8.42 Å². The number of hydrogen-bond donors (Lipinski definition) is 2. The number of nitrogens with one attached hydrogen (secondary N) is 1. The molecule has 0 aromatic carbocycles. The smallest absolute Gasteiger partial charge is 0.234 e. The second kappa shape index (κ2) is 6.87. The van der Waals surface area contributed by atoms with Crippen LogP contribution in [0.15, 0.2) is 0 Å². The van der Waals surface area contributed by atoms with Crippen LogP contribution >= 0.6 is 11.3 Å². The third-order valence-corrected chi connectivity index (χ3v) is 4.43. The van der Waals surface area contributed by atoms with E-state index < -0.39 is 10.0 Å². The van der Waals surface area contributed by atoms with Gasteiger partial charge >= 0.3 is 0 Å². The van der Waals surface area contributed by atoms with Crippen LogP contribution < -0.4 is 10.5 Å². The highest BCUT2D eigenvalue weighted by atomic mass is 32.2. The molecular formula is C9H18N4O2S2. The second-order valence-electron chi connectivity index (χ2n) is 3.67. The fraction of sp³-hybridized carbons (Fsp3) is 0.778. The van der Waals surface area contributed by atoms with Gasteiger partial charge < -0.3 is 5.73 Å². The lowest BCUT2D eigenvalue weighted by Gasteiger charge is -2.02. The molecule has 0 aliphatic carbocycles. The van der Waals surface area contributed by atoms with Crippen molar-refractivity contribution in [3.63, 3.8) is 0 Å². The van der Waals surface area contributed by atoms with Crippen LogP contribution in [0, 0.1) is 0 Å². The minimum atomic E-state index is -3.27. The predicted molar refractivity (Wildman–Crippen MR) is 69.6 cm³/mol. The summed E-state index contributed by atoms with van der Waals surface area (Å²) < 4.78 is 25.6. The van der Waals surface area contributed by atoms with Crippen LogP contribution in [0.4, 0.5) is 5.13 Å². The van der Waals surface area contributed by atoms with Crippen LogP contribution in [0.1, 0.15) is 31.2 Å². The van der Waals surface area contributed by atoms with Gasteiger partial charge in [-0.15, -0.1) is 10.2 Å². The molecule has 0 bridgehead atoms. The van der Waals surface area contributed by atoms with Crippen molar-refractivity contribution in [2.24, 2.45) is 5.73 Å². The molecule has 1 heterocycles. The van der Waals surface area contributed by atoms with Crippen molar-refractivity contribution in [3.05, 3.63) is 5.01 Å². The molecule has 0 aliphatic heterocycles. The van der Waals surface area contributed by atoms with Gasteiger partial charge in [-0.1, -0.05) is 24.7 Å². The van der Waals surface area contributed by atoms with Crippen LogP contribution in [0.3, 0.4) is 0 Å². The summed E-state index contributed by atoms with van der Waals surface area (Å²) >= 11 is 1.27. The average molecular weight is 278 g/mol. The number of aryl methyl sites for hydroxylation is 1. The maximum Gasteiger partial charge on any atom is 0.234 e. The topological polar surface area (TPSA) is 98.0 Å². The zero-order chi connectivity index (χ0) is 12.7. The Morgan fingerprint density at radius 1 is 1.35 bits per heavy atom. The van der Waals surface area contributed by atoms with E-state index in [1.807, 2.05) is 6.92 Å². The number of sulfonamides is 1. The zero-order valence-electron chi connectivity index (χ0n) is 9.85. The molecule has 0 spiro atoms. The molecule has 0 saturated heterocycles. The Bertz CT molecular complexity index is 430. The fourth-order valence-corrected chi connectivity index (χ4v) is 3.43. The minimum Gasteiger partial charge on any atom is -0.330 e. The van der Waals surface area contributed by atoms with E-state index in [1.165, 1.54) is 11.3 Å². The SMILES string of the molecule is CCCCS(=O)(=O)Nc1nnc(CCCN)s1. The summed E-state index contributed by atoms with van der Waals surface area (Å²) in [4.78, 5) is 0. The van der Waals surface area contributed by atoms with E-state index in [1.54, 1.807) is 0 Å². The Balaban J connectivity index is 2.53. The van der Waals surface area contributed by atoms with Gasteiger partial charge in [-0.05, 0) is 19.4 Å². The van der Waals surface area contributed by atoms with E-state index in [0.29, 0.717) is 18.1 Å². The Labute approximate surface area is 106 Å². The number of nitrogens with two attached hydrogens (primary N) is 1. The van der Waals surface area contributed by atoms with E-state index >= 15 is 0 Å². The van der Waals surface area contributed by atoms with E-state index in [4.69, 9.17) is 5.73 Å². The van der Waals surface area contributed by atoms with Gasteiger partial charge in [-0.2, -0.15) is 0 Å². The Hall–Kier alpha value is -0.730. The number of aromatic nitrogens is 2. The van der Waals surface area contributed by atoms with Crippen LogP contribution in [-0.4, -0.2) is 30.9 Å². The molecule has 98 valence electrons. The third-order valence-electron chi connectivity index (χ3n) is 2.07. The normalized spacial score (nSPS) is 11.6. The third kappa shape index (κ3) is 5.42. The van der Waals surface area contributed by atoms with Gasteiger partial charge in [0.15, 0.2) is 0 Å². The van der Waals surface area contributed by atoms with Crippen molar-refractivity contribution in [1.29, 1.82) is 0 Å². The summed E-state index contributed by atoms with van der Waals surface area (Å²) in [7, 11) is -3.27. The standard InChI is InChI=1S/C9H18N4O2S2/c1-2-3-7-17(14,15)13-9-12-11-8(16-9)5-4-6-10/h2-7,10H2,1H3,(H,12,13). The molecule has 6 nitrogen and oxygen atoms in total. The van der Waals surface area contributed by atoms with Crippen molar-refractivity contribution in [2.75, 3.05) is 17.0 Å². The Kier molecular flexibility index (Phi) is 5.79. The van der Waals surface area contributed by atoms with Crippen molar-refractivity contribution < 1.29 is 8.42 Å². The molecular weight excluding hydrogens is 260 g/mol. The largest absolute Gasteiger partial charge is 0.330 e. The zero-order valence-corrected chi connectivity index (χ0v) is 11.5. The van der Waals surface area contributed by atoms with Crippen LogP contribution in [-0.2, 0) is 16.4 Å². The van der Waals surface area contributed by atoms with Crippen LogP contribution in [0.5, 0.6) is 0 Å². The summed E-state index contributed by atoms with van der Waals surface area (Å²) in [5, 5.41) is 8.85. The number of unbranched alkanes of at least 4 members (excludes halogenated alkanes) is 1. The first kappa shape index (κ1) is 14.3. The van der Waals surface area contributed by atoms with Gasteiger partial charge in [-0.25, -0.2) is 8.42 Å². The summed E-state index contributed by atoms with van der Waals surface area (Å²) in [6, 6.07) is 0. The molecule has 0 aliphatic rings. The predicted octanol–water partition coefficient (Wildman–Crippen LogP) is 0.971. The van der Waals surface area contributed by atoms with E-state index in [-0.39, 0.29) is 5.75 Å². The van der Waals surface area contributed by atoms with Crippen molar-refractivity contribution in [1.82, 2.24) is 10.2 Å². The molecule has 17 heavy (non-hydrogen) atoms. The molecule has 0 radical (unpaired) electrons. The van der Waals surface area contributed by atoms with E-state index in [2.05, 4.69) is 14.9 Å². The Morgan fingerprint density at radius 2 is 2.12 bits per heavy atom. The second-order valence-corrected chi connectivity index (χ2v) is 6.57. The van der Waals surface area contributed by atoms with Crippen molar-refractivity contribution in [2.45, 2.75) is 32.6 Å². The molecule has 0 unspecified atom stereocenters. The van der Waals surface area contributed by atoms with Crippen LogP contribution in [0.2, 0.25) is 0 Å². The summed E-state index contributed by atoms with van der Waals surface area (Å²) in [6.07, 6.45) is 3.06. The summed E-state index contributed by atoms with van der Waals surface area (Å²) in [6.45, 7) is 2.54. The van der Waals surface area contributed by atoms with Gasteiger partial charge in [0.2, 0.25) is 15.2 Å². The van der Waals surface area contributed by atoms with Gasteiger partial charge in [-0.3, -0.25) is 4.72 Å². The first-order chi connectivity index (χ1) is 8.07. The van der Waals surface area contributed by atoms with Crippen molar-refractivity contribution in [3.8, 4) is 0 Å². The van der Waals surface area contributed by atoms with Crippen molar-refractivity contribution >= 4 is 26.5 Å². The molecule has 0 amide bonds. The number of rotatable bonds is 8. The quantitative estimate of drug-likeness (QED) is 0.738. The number of nitrogens with zero attached hydrogens (tertiary/aromatic N) is 2. The molecule has 3 N–H and O–H groups in total. The molecule has 0 atom stereocenters. The highest BCUT2D eigenvalue weighted by Gasteiger charge is 2.12. The fourth-order valence-electron chi connectivity index (χ4n) is 1.17. The lowest BCUT2D eigenvalue weighted by atomic mass is 10.3. The first-order valence-corrected chi connectivity index (χ1v) is 8.07. The minimum absolute atomic E-state index is 0.126.